The number of phenolic OH excluding ortho intramolecular Hbond substituents is 1. The fraction of sp³-hybridized carbons (Fsp3) is 0.571. The van der Waals surface area contributed by atoms with Crippen LogP contribution in [0.1, 0.15) is 59.4 Å². The average Bonchev–Trinajstić information content (AvgIpc) is 2.82. The van der Waals surface area contributed by atoms with Gasteiger partial charge in [0.2, 0.25) is 0 Å². The molecule has 2 rings (SSSR count). The lowest BCUT2D eigenvalue weighted by Crippen LogP contribution is -2.35. The lowest BCUT2D eigenvalue weighted by Gasteiger charge is -2.29. The Labute approximate surface area is 218 Å². The Morgan fingerprint density at radius 3 is 2.51 bits per heavy atom. The molecule has 5 N–H and O–H groups in total. The van der Waals surface area contributed by atoms with Gasteiger partial charge in [0.15, 0.2) is 11.6 Å². The number of halogens is 1. The third-order valence-electron chi connectivity index (χ3n) is 6.97. The molecule has 37 heavy (non-hydrogen) atoms. The van der Waals surface area contributed by atoms with Crippen molar-refractivity contribution in [3.8, 4) is 5.75 Å². The molecule has 1 aromatic rings. The van der Waals surface area contributed by atoms with Crippen LogP contribution in [0.5, 0.6) is 5.75 Å². The molecule has 8 nitrogen and oxygen atoms in total. The standard InChI is InChI=1S/C28H41FN2O6/c1-15-10-20-13-21(24(29)22(32)14-20)31-27(34)17(3)9-7-8-16(2)26(37-28(30)35)19(5)12-18(4)25(33)23(11-15)36-6/h9,12-16,18,23,25-26,32-33H,7-8,10-11H2,1-6H3,(H2,30,35)(H,31,34)/b17-9+,19-12+/t15-,16+,18+,23+,25-,26-/m1/s1. The Hall–Kier alpha value is -2.91. The Bertz CT molecular complexity index is 1020. The number of rotatable bonds is 2. The van der Waals surface area contributed by atoms with Gasteiger partial charge in [-0.05, 0) is 74.6 Å². The molecule has 1 aliphatic rings. The average molecular weight is 521 g/mol. The first-order valence-electron chi connectivity index (χ1n) is 12.7. The number of ether oxygens (including phenoxy) is 2. The summed E-state index contributed by atoms with van der Waals surface area (Å²) in [6, 6.07) is 2.87. The monoisotopic (exact) mass is 520 g/mol. The van der Waals surface area contributed by atoms with Crippen LogP contribution in [-0.2, 0) is 20.7 Å². The summed E-state index contributed by atoms with van der Waals surface area (Å²) in [4.78, 5) is 24.3. The molecule has 0 fully saturated rings. The van der Waals surface area contributed by atoms with E-state index in [1.807, 2.05) is 33.8 Å². The molecule has 0 radical (unpaired) electrons. The summed E-state index contributed by atoms with van der Waals surface area (Å²) in [5, 5.41) is 23.8. The molecular formula is C28H41FN2O6. The SMILES string of the molecule is CO[C@H]1C[C@H](C)Cc2cc(O)c(F)c(c2)NC(=O)/C(C)=C/CC[C@H](C)[C@@H](OC(N)=O)/C(C)=C/[C@H](C)[C@H]1O. The van der Waals surface area contributed by atoms with E-state index >= 15 is 0 Å². The van der Waals surface area contributed by atoms with E-state index in [1.54, 1.807) is 13.0 Å². The predicted octanol–water partition coefficient (Wildman–Crippen LogP) is 4.84. The first-order chi connectivity index (χ1) is 17.3. The van der Waals surface area contributed by atoms with Gasteiger partial charge in [-0.15, -0.1) is 0 Å². The highest BCUT2D eigenvalue weighted by molar-refractivity contribution is 6.03. The minimum Gasteiger partial charge on any atom is -0.505 e. The first-order valence-corrected chi connectivity index (χ1v) is 12.7. The topological polar surface area (TPSA) is 131 Å². The highest BCUT2D eigenvalue weighted by Crippen LogP contribution is 2.30. The minimum absolute atomic E-state index is 0.0000273. The van der Waals surface area contributed by atoms with Crippen LogP contribution in [0.15, 0.2) is 35.4 Å². The number of carbonyl (C=O) groups is 2. The number of benzene rings is 1. The number of aromatic hydroxyl groups is 1. The van der Waals surface area contributed by atoms with Crippen molar-refractivity contribution >= 4 is 17.7 Å². The van der Waals surface area contributed by atoms with Crippen LogP contribution >= 0.6 is 0 Å². The Balaban J connectivity index is 2.47. The number of methoxy groups -OCH3 is 1. The molecule has 6 atom stereocenters. The van der Waals surface area contributed by atoms with Gasteiger partial charge in [-0.2, -0.15) is 0 Å². The van der Waals surface area contributed by atoms with E-state index in [4.69, 9.17) is 15.2 Å². The molecule has 0 aromatic heterocycles. The van der Waals surface area contributed by atoms with Crippen LogP contribution < -0.4 is 11.1 Å². The summed E-state index contributed by atoms with van der Waals surface area (Å²) in [6.07, 6.45) is 2.82. The number of aliphatic hydroxyl groups is 1. The van der Waals surface area contributed by atoms with Crippen molar-refractivity contribution in [2.45, 2.75) is 78.6 Å². The number of aliphatic hydroxyl groups excluding tert-OH is 1. The first kappa shape index (κ1) is 30.3. The lowest BCUT2D eigenvalue weighted by molar-refractivity contribution is -0.112. The van der Waals surface area contributed by atoms with Crippen molar-refractivity contribution < 1.29 is 33.7 Å². The molecule has 2 bridgehead atoms. The predicted molar refractivity (Wildman–Crippen MR) is 141 cm³/mol. The van der Waals surface area contributed by atoms with Crippen LogP contribution in [0.2, 0.25) is 0 Å². The number of anilines is 1. The number of nitrogens with one attached hydrogen (secondary N) is 1. The maximum Gasteiger partial charge on any atom is 0.405 e. The van der Waals surface area contributed by atoms with Gasteiger partial charge in [0.05, 0.1) is 17.9 Å². The van der Waals surface area contributed by atoms with E-state index in [1.165, 1.54) is 19.2 Å². The minimum atomic E-state index is -0.899. The number of allylic oxidation sites excluding steroid dienone is 1. The van der Waals surface area contributed by atoms with E-state index in [9.17, 15) is 24.2 Å². The second-order valence-electron chi connectivity index (χ2n) is 10.3. The largest absolute Gasteiger partial charge is 0.505 e. The number of fused-ring (bicyclic) bond motifs is 2. The summed E-state index contributed by atoms with van der Waals surface area (Å²) in [6.45, 7) is 9.22. The molecule has 2 amide bonds. The fourth-order valence-corrected chi connectivity index (χ4v) is 4.89. The van der Waals surface area contributed by atoms with Gasteiger partial charge in [-0.25, -0.2) is 9.18 Å². The summed E-state index contributed by atoms with van der Waals surface area (Å²) in [7, 11) is 1.53. The van der Waals surface area contributed by atoms with Gasteiger partial charge in [0, 0.05) is 18.6 Å². The second-order valence-corrected chi connectivity index (χ2v) is 10.3. The Morgan fingerprint density at radius 2 is 1.89 bits per heavy atom. The van der Waals surface area contributed by atoms with Crippen molar-refractivity contribution in [1.82, 2.24) is 0 Å². The van der Waals surface area contributed by atoms with Crippen molar-refractivity contribution in [3.63, 3.8) is 0 Å². The summed E-state index contributed by atoms with van der Waals surface area (Å²) in [5.74, 6) is -2.36. The van der Waals surface area contributed by atoms with Crippen LogP contribution in [0.4, 0.5) is 14.9 Å². The zero-order valence-electron chi connectivity index (χ0n) is 22.6. The third-order valence-corrected chi connectivity index (χ3v) is 6.97. The van der Waals surface area contributed by atoms with Crippen LogP contribution in [-0.4, -0.2) is 47.6 Å². The van der Waals surface area contributed by atoms with Gasteiger partial charge in [0.1, 0.15) is 6.10 Å². The van der Waals surface area contributed by atoms with Gasteiger partial charge in [0.25, 0.3) is 5.91 Å². The van der Waals surface area contributed by atoms with E-state index in [2.05, 4.69) is 5.32 Å². The molecule has 1 aromatic carbocycles. The molecule has 1 heterocycles. The maximum absolute atomic E-state index is 14.6. The van der Waals surface area contributed by atoms with E-state index in [0.717, 1.165) is 5.57 Å². The number of carbonyl (C=O) groups excluding carboxylic acids is 2. The quantitative estimate of drug-likeness (QED) is 0.413. The number of primary amides is 1. The van der Waals surface area contributed by atoms with Crippen molar-refractivity contribution in [1.29, 1.82) is 0 Å². The Kier molecular flexibility index (Phi) is 11.1. The number of amides is 2. The zero-order valence-corrected chi connectivity index (χ0v) is 22.6. The number of hydrogen-bond acceptors (Lipinski definition) is 6. The number of phenols is 1. The highest BCUT2D eigenvalue weighted by atomic mass is 19.1. The van der Waals surface area contributed by atoms with Gasteiger partial charge < -0.3 is 30.7 Å². The smallest absolute Gasteiger partial charge is 0.405 e. The molecule has 1 aliphatic heterocycles. The lowest BCUT2D eigenvalue weighted by atomic mass is 9.87. The fourth-order valence-electron chi connectivity index (χ4n) is 4.89. The van der Waals surface area contributed by atoms with Crippen LogP contribution in [0.3, 0.4) is 0 Å². The van der Waals surface area contributed by atoms with Gasteiger partial charge >= 0.3 is 6.09 Å². The molecule has 0 spiro atoms. The maximum atomic E-state index is 14.6. The molecule has 9 heteroatoms. The molecule has 0 saturated carbocycles. The van der Waals surface area contributed by atoms with Crippen molar-refractivity contribution in [2.75, 3.05) is 12.4 Å². The normalized spacial score (nSPS) is 31.4. The second kappa shape index (κ2) is 13.6. The van der Waals surface area contributed by atoms with Crippen LogP contribution in [0, 0.1) is 23.6 Å². The van der Waals surface area contributed by atoms with Crippen molar-refractivity contribution in [2.24, 2.45) is 23.5 Å². The third kappa shape index (κ3) is 8.57. The molecule has 0 saturated heterocycles. The number of hydrogen-bond donors (Lipinski definition) is 4. The van der Waals surface area contributed by atoms with E-state index in [0.29, 0.717) is 36.8 Å². The van der Waals surface area contributed by atoms with Gasteiger partial charge in [-0.1, -0.05) is 32.9 Å². The van der Waals surface area contributed by atoms with Crippen molar-refractivity contribution in [3.05, 3.63) is 46.8 Å². The summed E-state index contributed by atoms with van der Waals surface area (Å²) < 4.78 is 25.6. The summed E-state index contributed by atoms with van der Waals surface area (Å²) in [5.41, 5.74) is 7.04. The van der Waals surface area contributed by atoms with Gasteiger partial charge in [-0.3, -0.25) is 4.79 Å². The number of nitrogens with two attached hydrogens (primary N) is 1. The summed E-state index contributed by atoms with van der Waals surface area (Å²) >= 11 is 0. The van der Waals surface area contributed by atoms with E-state index < -0.39 is 41.9 Å². The highest BCUT2D eigenvalue weighted by Gasteiger charge is 2.28. The molecule has 206 valence electrons. The van der Waals surface area contributed by atoms with E-state index in [-0.39, 0.29) is 23.4 Å². The zero-order chi connectivity index (χ0) is 27.9. The Morgan fingerprint density at radius 1 is 1.22 bits per heavy atom. The molecule has 0 aliphatic carbocycles. The van der Waals surface area contributed by atoms with Crippen LogP contribution in [0.25, 0.3) is 0 Å². The molecular weight excluding hydrogens is 479 g/mol. The molecule has 0 unspecified atom stereocenters.